The van der Waals surface area contributed by atoms with E-state index in [1.54, 1.807) is 0 Å². The molecule has 1 aromatic carbocycles. The predicted octanol–water partition coefficient (Wildman–Crippen LogP) is 3.03. The zero-order chi connectivity index (χ0) is 12.4. The lowest BCUT2D eigenvalue weighted by molar-refractivity contribution is 0.102. The van der Waals surface area contributed by atoms with Crippen LogP contribution in [0.1, 0.15) is 10.4 Å². The smallest absolute Gasteiger partial charge is 0.260 e. The molecule has 4 nitrogen and oxygen atoms in total. The molecule has 0 aliphatic carbocycles. The molecule has 1 heterocycles. The van der Waals surface area contributed by atoms with Crippen LogP contribution >= 0.6 is 11.6 Å². The molecule has 0 unspecified atom stereocenters. The summed E-state index contributed by atoms with van der Waals surface area (Å²) in [6.45, 7) is 0. The minimum Gasteiger partial charge on any atom is -0.505 e. The Labute approximate surface area is 101 Å². The van der Waals surface area contributed by atoms with Crippen molar-refractivity contribution in [3.8, 4) is 5.75 Å². The molecule has 1 aromatic heterocycles. The van der Waals surface area contributed by atoms with Gasteiger partial charge in [0.15, 0.2) is 11.6 Å². The highest BCUT2D eigenvalue weighted by molar-refractivity contribution is 6.32. The molecule has 0 saturated carbocycles. The van der Waals surface area contributed by atoms with Gasteiger partial charge in [-0.05, 0) is 29.8 Å². The van der Waals surface area contributed by atoms with Crippen molar-refractivity contribution in [2.45, 2.75) is 0 Å². The van der Waals surface area contributed by atoms with Crippen LogP contribution in [0.4, 0.5) is 10.1 Å². The van der Waals surface area contributed by atoms with Crippen molar-refractivity contribution in [2.24, 2.45) is 0 Å². The van der Waals surface area contributed by atoms with E-state index in [4.69, 9.17) is 21.1 Å². The standard InChI is InChI=1S/C11H7ClFNO3/c12-10-7(3-4-17-10)11(16)14-6-1-2-9(15)8(13)5-6/h1-5,15H,(H,14,16). The monoisotopic (exact) mass is 255 g/mol. The number of furan rings is 1. The molecular formula is C11H7ClFNO3. The van der Waals surface area contributed by atoms with Gasteiger partial charge in [0.05, 0.1) is 11.8 Å². The molecule has 0 spiro atoms. The van der Waals surface area contributed by atoms with Crippen molar-refractivity contribution in [2.75, 3.05) is 5.32 Å². The van der Waals surface area contributed by atoms with Gasteiger partial charge in [-0.1, -0.05) is 0 Å². The topological polar surface area (TPSA) is 62.5 Å². The Balaban J connectivity index is 2.19. The fourth-order valence-corrected chi connectivity index (χ4v) is 1.44. The number of hydrogen-bond acceptors (Lipinski definition) is 3. The number of halogens is 2. The van der Waals surface area contributed by atoms with Crippen LogP contribution in [-0.2, 0) is 0 Å². The first kappa shape index (κ1) is 11.5. The molecule has 0 saturated heterocycles. The number of benzene rings is 1. The second-order valence-corrected chi connectivity index (χ2v) is 3.57. The molecule has 2 aromatic rings. The van der Waals surface area contributed by atoms with Crippen LogP contribution in [0, 0.1) is 5.82 Å². The van der Waals surface area contributed by atoms with Crippen LogP contribution in [-0.4, -0.2) is 11.0 Å². The summed E-state index contributed by atoms with van der Waals surface area (Å²) in [4.78, 5) is 11.7. The zero-order valence-corrected chi connectivity index (χ0v) is 9.16. The Kier molecular flexibility index (Phi) is 3.01. The molecule has 6 heteroatoms. The molecule has 0 fully saturated rings. The SMILES string of the molecule is O=C(Nc1ccc(O)c(F)c1)c1ccoc1Cl. The number of amides is 1. The van der Waals surface area contributed by atoms with Gasteiger partial charge < -0.3 is 14.8 Å². The number of hydrogen-bond donors (Lipinski definition) is 2. The lowest BCUT2D eigenvalue weighted by Crippen LogP contribution is -2.11. The Morgan fingerprint density at radius 3 is 2.76 bits per heavy atom. The Hall–Kier alpha value is -2.01. The molecule has 1 amide bonds. The normalized spacial score (nSPS) is 10.2. The summed E-state index contributed by atoms with van der Waals surface area (Å²) in [5.41, 5.74) is 0.364. The highest BCUT2D eigenvalue weighted by atomic mass is 35.5. The molecule has 0 bridgehead atoms. The van der Waals surface area contributed by atoms with Gasteiger partial charge in [-0.2, -0.15) is 0 Å². The first-order valence-corrected chi connectivity index (χ1v) is 4.98. The minimum absolute atomic E-state index is 0.0400. The quantitative estimate of drug-likeness (QED) is 0.811. The summed E-state index contributed by atoms with van der Waals surface area (Å²) in [6.07, 6.45) is 1.27. The van der Waals surface area contributed by atoms with E-state index in [0.29, 0.717) is 0 Å². The molecule has 17 heavy (non-hydrogen) atoms. The summed E-state index contributed by atoms with van der Waals surface area (Å²) in [6, 6.07) is 4.90. The first-order valence-electron chi connectivity index (χ1n) is 4.61. The fraction of sp³-hybridized carbons (Fsp3) is 0. The minimum atomic E-state index is -0.818. The van der Waals surface area contributed by atoms with Crippen molar-refractivity contribution in [1.29, 1.82) is 0 Å². The molecule has 2 N–H and O–H groups in total. The van der Waals surface area contributed by atoms with E-state index in [2.05, 4.69) is 5.32 Å². The number of rotatable bonds is 2. The summed E-state index contributed by atoms with van der Waals surface area (Å²) < 4.78 is 17.8. The van der Waals surface area contributed by atoms with E-state index in [0.717, 1.165) is 12.1 Å². The number of phenols is 1. The predicted molar refractivity (Wildman–Crippen MR) is 59.7 cm³/mol. The number of aromatic hydroxyl groups is 1. The highest BCUT2D eigenvalue weighted by Gasteiger charge is 2.13. The third-order valence-corrected chi connectivity index (χ3v) is 2.36. The fourth-order valence-electron chi connectivity index (χ4n) is 1.24. The van der Waals surface area contributed by atoms with Gasteiger partial charge in [0.1, 0.15) is 0 Å². The Morgan fingerprint density at radius 1 is 1.41 bits per heavy atom. The molecule has 0 aliphatic heterocycles. The second-order valence-electron chi connectivity index (χ2n) is 3.23. The van der Waals surface area contributed by atoms with Crippen molar-refractivity contribution in [3.63, 3.8) is 0 Å². The van der Waals surface area contributed by atoms with Crippen molar-refractivity contribution < 1.29 is 18.7 Å². The maximum Gasteiger partial charge on any atom is 0.260 e. The van der Waals surface area contributed by atoms with Crippen LogP contribution in [0.2, 0.25) is 5.22 Å². The summed E-state index contributed by atoms with van der Waals surface area (Å²) in [5.74, 6) is -1.82. The molecule has 0 aliphatic rings. The molecule has 2 rings (SSSR count). The lowest BCUT2D eigenvalue weighted by atomic mass is 10.2. The van der Waals surface area contributed by atoms with Crippen molar-refractivity contribution >= 4 is 23.2 Å². The van der Waals surface area contributed by atoms with Crippen LogP contribution in [0.15, 0.2) is 34.9 Å². The van der Waals surface area contributed by atoms with Crippen LogP contribution in [0.3, 0.4) is 0 Å². The van der Waals surface area contributed by atoms with Gasteiger partial charge in [-0.3, -0.25) is 4.79 Å². The van der Waals surface area contributed by atoms with E-state index in [1.807, 2.05) is 0 Å². The average Bonchev–Trinajstić information content (AvgIpc) is 2.70. The number of carbonyl (C=O) groups is 1. The largest absolute Gasteiger partial charge is 0.505 e. The van der Waals surface area contributed by atoms with Crippen LogP contribution in [0.5, 0.6) is 5.75 Å². The third kappa shape index (κ3) is 2.39. The van der Waals surface area contributed by atoms with Gasteiger partial charge in [0.2, 0.25) is 5.22 Å². The van der Waals surface area contributed by atoms with Gasteiger partial charge in [-0.25, -0.2) is 4.39 Å². The number of carbonyl (C=O) groups excluding carboxylic acids is 1. The number of phenolic OH excluding ortho intramolecular Hbond substituents is 1. The second kappa shape index (κ2) is 4.47. The average molecular weight is 256 g/mol. The van der Waals surface area contributed by atoms with Crippen LogP contribution < -0.4 is 5.32 Å². The number of nitrogens with one attached hydrogen (secondary N) is 1. The summed E-state index contributed by atoms with van der Waals surface area (Å²) in [7, 11) is 0. The van der Waals surface area contributed by atoms with Gasteiger partial charge in [-0.15, -0.1) is 0 Å². The Morgan fingerprint density at radius 2 is 2.18 bits per heavy atom. The zero-order valence-electron chi connectivity index (χ0n) is 8.41. The van der Waals surface area contributed by atoms with E-state index >= 15 is 0 Å². The summed E-state index contributed by atoms with van der Waals surface area (Å²) in [5, 5.41) is 11.4. The maximum atomic E-state index is 13.0. The van der Waals surface area contributed by atoms with E-state index in [-0.39, 0.29) is 16.5 Å². The van der Waals surface area contributed by atoms with Crippen molar-refractivity contribution in [1.82, 2.24) is 0 Å². The molecule has 0 radical (unpaired) electrons. The summed E-state index contributed by atoms with van der Waals surface area (Å²) >= 11 is 5.62. The van der Waals surface area contributed by atoms with Gasteiger partial charge in [0, 0.05) is 11.8 Å². The van der Waals surface area contributed by atoms with E-state index < -0.39 is 17.5 Å². The first-order chi connectivity index (χ1) is 8.08. The Bertz CT molecular complexity index is 568. The van der Waals surface area contributed by atoms with E-state index in [9.17, 15) is 9.18 Å². The van der Waals surface area contributed by atoms with E-state index in [1.165, 1.54) is 18.4 Å². The maximum absolute atomic E-state index is 13.0. The van der Waals surface area contributed by atoms with Gasteiger partial charge in [0.25, 0.3) is 5.91 Å². The van der Waals surface area contributed by atoms with Gasteiger partial charge >= 0.3 is 0 Å². The number of anilines is 1. The van der Waals surface area contributed by atoms with Crippen LogP contribution in [0.25, 0.3) is 0 Å². The molecular weight excluding hydrogens is 249 g/mol. The third-order valence-electron chi connectivity index (χ3n) is 2.07. The molecule has 0 atom stereocenters. The van der Waals surface area contributed by atoms with Crippen molar-refractivity contribution in [3.05, 3.63) is 47.1 Å². The lowest BCUT2D eigenvalue weighted by Gasteiger charge is -2.04. The molecule has 88 valence electrons. The highest BCUT2D eigenvalue weighted by Crippen LogP contribution is 2.22.